The molecule has 250 valence electrons. The number of hydrogen-bond donors (Lipinski definition) is 0. The van der Waals surface area contributed by atoms with E-state index in [2.05, 4.69) is 153 Å². The fraction of sp³-hybridized carbons (Fsp3) is 0.0600. The quantitative estimate of drug-likeness (QED) is 0.182. The normalized spacial score (nSPS) is 12.9. The number of rotatable bonds is 5. The first kappa shape index (κ1) is 31.1. The van der Waals surface area contributed by atoms with Crippen molar-refractivity contribution in [2.45, 2.75) is 19.3 Å². The van der Waals surface area contributed by atoms with Gasteiger partial charge >= 0.3 is 0 Å². The number of nitrogens with zero attached hydrogens (tertiary/aromatic N) is 3. The van der Waals surface area contributed by atoms with Crippen molar-refractivity contribution in [1.29, 1.82) is 0 Å². The lowest BCUT2D eigenvalue weighted by molar-refractivity contribution is 0.661. The highest BCUT2D eigenvalue weighted by atomic mass is 14.9. The molecule has 0 spiro atoms. The molecule has 0 saturated heterocycles. The molecule has 3 heteroatoms. The summed E-state index contributed by atoms with van der Waals surface area (Å²) >= 11 is 0. The third kappa shape index (κ3) is 5.32. The van der Waals surface area contributed by atoms with Gasteiger partial charge in [0.05, 0.1) is 22.6 Å². The maximum atomic E-state index is 5.42. The van der Waals surface area contributed by atoms with E-state index in [0.717, 1.165) is 50.2 Å². The lowest BCUT2D eigenvalue weighted by Gasteiger charge is -2.22. The second-order valence-electron chi connectivity index (χ2n) is 14.5. The fourth-order valence-electron chi connectivity index (χ4n) is 8.07. The summed E-state index contributed by atoms with van der Waals surface area (Å²) in [4.78, 5) is 15.7. The summed E-state index contributed by atoms with van der Waals surface area (Å²) in [7, 11) is 0. The van der Waals surface area contributed by atoms with Crippen LogP contribution in [-0.2, 0) is 5.41 Å². The van der Waals surface area contributed by atoms with Gasteiger partial charge < -0.3 is 0 Å². The largest absolute Gasteiger partial charge is 0.248 e. The van der Waals surface area contributed by atoms with Crippen molar-refractivity contribution in [3.05, 3.63) is 187 Å². The first-order chi connectivity index (χ1) is 26.0. The zero-order valence-corrected chi connectivity index (χ0v) is 29.6. The van der Waals surface area contributed by atoms with Gasteiger partial charge in [0.25, 0.3) is 0 Å². The summed E-state index contributed by atoms with van der Waals surface area (Å²) in [5.41, 5.74) is 15.2. The Kier molecular flexibility index (Phi) is 7.16. The van der Waals surface area contributed by atoms with Gasteiger partial charge in [-0.1, -0.05) is 153 Å². The Balaban J connectivity index is 1.17. The van der Waals surface area contributed by atoms with Crippen LogP contribution >= 0.6 is 0 Å². The highest BCUT2D eigenvalue weighted by molar-refractivity contribution is 6.03. The zero-order valence-electron chi connectivity index (χ0n) is 29.6. The molecule has 1 aliphatic carbocycles. The van der Waals surface area contributed by atoms with Crippen LogP contribution in [0.1, 0.15) is 25.0 Å². The molecule has 0 aliphatic heterocycles. The zero-order chi connectivity index (χ0) is 35.5. The van der Waals surface area contributed by atoms with E-state index in [1.54, 1.807) is 0 Å². The van der Waals surface area contributed by atoms with Crippen LogP contribution in [0.25, 0.3) is 89.1 Å². The summed E-state index contributed by atoms with van der Waals surface area (Å²) in [6.07, 6.45) is 0. The fourth-order valence-corrected chi connectivity index (χ4v) is 8.07. The maximum Gasteiger partial charge on any atom is 0.160 e. The van der Waals surface area contributed by atoms with Gasteiger partial charge in [-0.3, -0.25) is 0 Å². The second-order valence-corrected chi connectivity index (χ2v) is 14.5. The molecule has 0 radical (unpaired) electrons. The number of hydrogen-bond acceptors (Lipinski definition) is 3. The van der Waals surface area contributed by atoms with Crippen LogP contribution in [0.15, 0.2) is 176 Å². The van der Waals surface area contributed by atoms with Gasteiger partial charge in [0.1, 0.15) is 0 Å². The highest BCUT2D eigenvalue weighted by Gasteiger charge is 2.35. The van der Waals surface area contributed by atoms with Crippen molar-refractivity contribution in [2.24, 2.45) is 0 Å². The lowest BCUT2D eigenvalue weighted by atomic mass is 9.82. The molecule has 3 nitrogen and oxygen atoms in total. The Morgan fingerprint density at radius 3 is 1.74 bits per heavy atom. The van der Waals surface area contributed by atoms with E-state index in [0.29, 0.717) is 5.82 Å². The minimum atomic E-state index is -0.127. The molecule has 10 rings (SSSR count). The molecule has 2 heterocycles. The van der Waals surface area contributed by atoms with Gasteiger partial charge in [0, 0.05) is 33.1 Å². The summed E-state index contributed by atoms with van der Waals surface area (Å²) < 4.78 is 0. The Hall–Kier alpha value is -6.71. The monoisotopic (exact) mass is 677 g/mol. The molecule has 0 fully saturated rings. The van der Waals surface area contributed by atoms with Crippen LogP contribution in [-0.4, -0.2) is 15.0 Å². The molecule has 7 aromatic carbocycles. The minimum Gasteiger partial charge on any atom is -0.248 e. The molecule has 53 heavy (non-hydrogen) atoms. The smallest absolute Gasteiger partial charge is 0.160 e. The third-order valence-corrected chi connectivity index (χ3v) is 10.9. The van der Waals surface area contributed by atoms with Crippen LogP contribution in [0.3, 0.4) is 0 Å². The molecular formula is C50H35N3. The molecule has 0 saturated carbocycles. The Morgan fingerprint density at radius 2 is 0.981 bits per heavy atom. The molecule has 0 bridgehead atoms. The molecular weight excluding hydrogens is 643 g/mol. The van der Waals surface area contributed by atoms with E-state index >= 15 is 0 Å². The summed E-state index contributed by atoms with van der Waals surface area (Å²) in [6, 6.07) is 62.4. The van der Waals surface area contributed by atoms with Crippen molar-refractivity contribution >= 4 is 21.7 Å². The average Bonchev–Trinajstić information content (AvgIpc) is 3.45. The van der Waals surface area contributed by atoms with Gasteiger partial charge in [-0.2, -0.15) is 0 Å². The van der Waals surface area contributed by atoms with Crippen molar-refractivity contribution < 1.29 is 0 Å². The minimum absolute atomic E-state index is 0.127. The topological polar surface area (TPSA) is 38.7 Å². The van der Waals surface area contributed by atoms with Crippen LogP contribution in [0, 0.1) is 0 Å². The average molecular weight is 678 g/mol. The molecule has 9 aromatic rings. The lowest BCUT2D eigenvalue weighted by Crippen LogP contribution is -2.14. The standard InChI is InChI=1S/C50H35N3/c1-50(2)43-23-12-11-22-39(43)41-28-42-40(36-25-24-32-14-9-10-19-35(32)26-36)29-45(51-48(42)30-44(41)50)37-20-13-21-38(27-37)49-52-46(33-15-5-3-6-16-33)31-47(53-49)34-17-7-4-8-18-34/h3-31H,1-2H3. The van der Waals surface area contributed by atoms with E-state index in [4.69, 9.17) is 15.0 Å². The molecule has 2 aromatic heterocycles. The SMILES string of the molecule is CC1(C)c2ccccc2-c2cc3c(-c4ccc5ccccc5c4)cc(-c4cccc(-c5nc(-c6ccccc6)cc(-c6ccccc6)n5)c4)nc3cc21. The van der Waals surface area contributed by atoms with Crippen molar-refractivity contribution in [1.82, 2.24) is 15.0 Å². The number of fused-ring (bicyclic) bond motifs is 5. The van der Waals surface area contributed by atoms with E-state index in [9.17, 15) is 0 Å². The van der Waals surface area contributed by atoms with Crippen molar-refractivity contribution in [2.75, 3.05) is 0 Å². The Morgan fingerprint density at radius 1 is 0.358 bits per heavy atom. The summed E-state index contributed by atoms with van der Waals surface area (Å²) in [5.74, 6) is 0.680. The van der Waals surface area contributed by atoms with Crippen LogP contribution in [0.4, 0.5) is 0 Å². The first-order valence-electron chi connectivity index (χ1n) is 18.2. The van der Waals surface area contributed by atoms with E-state index in [1.165, 1.54) is 44.2 Å². The Labute approximate surface area is 309 Å². The number of pyridine rings is 1. The second kappa shape index (κ2) is 12.2. The van der Waals surface area contributed by atoms with Crippen molar-refractivity contribution in [3.8, 4) is 67.4 Å². The van der Waals surface area contributed by atoms with Crippen LogP contribution in [0.5, 0.6) is 0 Å². The highest BCUT2D eigenvalue weighted by Crippen LogP contribution is 2.50. The molecule has 1 aliphatic rings. The van der Waals surface area contributed by atoms with Gasteiger partial charge in [0.2, 0.25) is 0 Å². The van der Waals surface area contributed by atoms with Crippen LogP contribution in [0.2, 0.25) is 0 Å². The number of benzene rings is 7. The predicted octanol–water partition coefficient (Wildman–Crippen LogP) is 12.8. The van der Waals surface area contributed by atoms with Gasteiger partial charge in [0.15, 0.2) is 5.82 Å². The number of aromatic nitrogens is 3. The van der Waals surface area contributed by atoms with Crippen molar-refractivity contribution in [3.63, 3.8) is 0 Å². The summed E-state index contributed by atoms with van der Waals surface area (Å²) in [6.45, 7) is 4.66. The molecule has 0 unspecified atom stereocenters. The Bertz CT molecular complexity index is 2800. The predicted molar refractivity (Wildman–Crippen MR) is 220 cm³/mol. The van der Waals surface area contributed by atoms with Crippen LogP contribution < -0.4 is 0 Å². The molecule has 0 amide bonds. The first-order valence-corrected chi connectivity index (χ1v) is 18.2. The van der Waals surface area contributed by atoms with E-state index in [1.807, 2.05) is 36.4 Å². The van der Waals surface area contributed by atoms with Gasteiger partial charge in [-0.05, 0) is 80.6 Å². The van der Waals surface area contributed by atoms with E-state index < -0.39 is 0 Å². The van der Waals surface area contributed by atoms with Gasteiger partial charge in [-0.25, -0.2) is 15.0 Å². The van der Waals surface area contributed by atoms with Gasteiger partial charge in [-0.15, -0.1) is 0 Å². The summed E-state index contributed by atoms with van der Waals surface area (Å²) in [5, 5.41) is 3.60. The third-order valence-electron chi connectivity index (χ3n) is 10.9. The molecule has 0 atom stereocenters. The molecule has 0 N–H and O–H groups in total. The maximum absolute atomic E-state index is 5.42. The van der Waals surface area contributed by atoms with E-state index in [-0.39, 0.29) is 5.41 Å².